The number of nitrogens with zero attached hydrogens (tertiary/aromatic N) is 2. The van der Waals surface area contributed by atoms with Crippen molar-refractivity contribution < 1.29 is 9.59 Å². The standard InChI is InChI=1S/C22H28N4O2/c1-16-3-4-17(2)20(13-16)25-22(28)21(27)24-14-18-7-11-26(12-8-18)15-19-5-9-23-10-6-19/h3-6,9-10,13,18H,7-8,11-12,14-15H2,1-2H3,(H,24,27)(H,25,28). The van der Waals surface area contributed by atoms with Crippen LogP contribution in [0.15, 0.2) is 42.7 Å². The van der Waals surface area contributed by atoms with Crippen LogP contribution in [0.2, 0.25) is 0 Å². The lowest BCUT2D eigenvalue weighted by molar-refractivity contribution is -0.136. The van der Waals surface area contributed by atoms with Gasteiger partial charge in [0.15, 0.2) is 0 Å². The quantitative estimate of drug-likeness (QED) is 0.782. The van der Waals surface area contributed by atoms with Crippen LogP contribution in [0.5, 0.6) is 0 Å². The minimum atomic E-state index is -0.608. The van der Waals surface area contributed by atoms with E-state index in [2.05, 4.69) is 20.5 Å². The van der Waals surface area contributed by atoms with Crippen LogP contribution in [-0.4, -0.2) is 41.3 Å². The summed E-state index contributed by atoms with van der Waals surface area (Å²) in [4.78, 5) is 30.8. The minimum absolute atomic E-state index is 0.408. The summed E-state index contributed by atoms with van der Waals surface area (Å²) in [6.45, 7) is 7.33. The third kappa shape index (κ3) is 5.63. The number of aryl methyl sites for hydroxylation is 2. The van der Waals surface area contributed by atoms with E-state index >= 15 is 0 Å². The number of likely N-dealkylation sites (tertiary alicyclic amines) is 1. The molecule has 1 saturated heterocycles. The van der Waals surface area contributed by atoms with E-state index in [9.17, 15) is 9.59 Å². The van der Waals surface area contributed by atoms with Crippen LogP contribution in [0.25, 0.3) is 0 Å². The van der Waals surface area contributed by atoms with Crippen LogP contribution in [0.4, 0.5) is 5.69 Å². The molecule has 0 unspecified atom stereocenters. The Kier molecular flexibility index (Phi) is 6.76. The normalized spacial score (nSPS) is 15.2. The summed E-state index contributed by atoms with van der Waals surface area (Å²) in [5, 5.41) is 5.50. The van der Waals surface area contributed by atoms with E-state index in [1.807, 2.05) is 56.6 Å². The topological polar surface area (TPSA) is 74.3 Å². The smallest absolute Gasteiger partial charge is 0.313 e. The Labute approximate surface area is 166 Å². The molecule has 2 amide bonds. The van der Waals surface area contributed by atoms with Gasteiger partial charge in [-0.1, -0.05) is 12.1 Å². The fourth-order valence-corrected chi connectivity index (χ4v) is 3.46. The molecule has 2 N–H and O–H groups in total. The molecule has 1 aromatic carbocycles. The van der Waals surface area contributed by atoms with E-state index in [4.69, 9.17) is 0 Å². The van der Waals surface area contributed by atoms with Crippen molar-refractivity contribution in [3.8, 4) is 0 Å². The van der Waals surface area contributed by atoms with Crippen molar-refractivity contribution in [1.29, 1.82) is 0 Å². The first-order valence-electron chi connectivity index (χ1n) is 9.79. The van der Waals surface area contributed by atoms with Gasteiger partial charge in [-0.3, -0.25) is 19.5 Å². The number of piperidine rings is 1. The summed E-state index contributed by atoms with van der Waals surface area (Å²) in [6, 6.07) is 9.87. The van der Waals surface area contributed by atoms with E-state index in [1.54, 1.807) is 0 Å². The molecule has 0 aliphatic carbocycles. The van der Waals surface area contributed by atoms with E-state index in [-0.39, 0.29) is 0 Å². The number of carbonyl (C=O) groups is 2. The Bertz CT molecular complexity index is 815. The van der Waals surface area contributed by atoms with Gasteiger partial charge in [0, 0.05) is 31.2 Å². The van der Waals surface area contributed by atoms with Crippen LogP contribution in [0.3, 0.4) is 0 Å². The zero-order valence-electron chi connectivity index (χ0n) is 16.6. The number of carbonyl (C=O) groups excluding carboxylic acids is 2. The predicted molar refractivity (Wildman–Crippen MR) is 110 cm³/mol. The van der Waals surface area contributed by atoms with Crippen molar-refractivity contribution in [3.63, 3.8) is 0 Å². The summed E-state index contributed by atoms with van der Waals surface area (Å²) in [5.41, 5.74) is 3.93. The average molecular weight is 380 g/mol. The molecule has 1 aliphatic heterocycles. The highest BCUT2D eigenvalue weighted by atomic mass is 16.2. The Morgan fingerprint density at radius 1 is 1.07 bits per heavy atom. The van der Waals surface area contributed by atoms with Gasteiger partial charge in [0.2, 0.25) is 0 Å². The first-order valence-corrected chi connectivity index (χ1v) is 9.79. The first kappa shape index (κ1) is 20.0. The van der Waals surface area contributed by atoms with Crippen LogP contribution in [0.1, 0.15) is 29.5 Å². The van der Waals surface area contributed by atoms with Crippen molar-refractivity contribution in [2.75, 3.05) is 25.0 Å². The SMILES string of the molecule is Cc1ccc(C)c(NC(=O)C(=O)NCC2CCN(Cc3ccncc3)CC2)c1. The molecule has 1 aromatic heterocycles. The molecular weight excluding hydrogens is 352 g/mol. The number of anilines is 1. The molecule has 6 nitrogen and oxygen atoms in total. The third-order valence-corrected chi connectivity index (χ3v) is 5.26. The molecule has 6 heteroatoms. The monoisotopic (exact) mass is 380 g/mol. The van der Waals surface area contributed by atoms with E-state index < -0.39 is 11.8 Å². The second kappa shape index (κ2) is 9.46. The Morgan fingerprint density at radius 3 is 2.50 bits per heavy atom. The van der Waals surface area contributed by atoms with E-state index in [0.717, 1.165) is 43.6 Å². The summed E-state index contributed by atoms with van der Waals surface area (Å²) >= 11 is 0. The van der Waals surface area contributed by atoms with Gasteiger partial charge in [-0.25, -0.2) is 0 Å². The average Bonchev–Trinajstić information content (AvgIpc) is 2.70. The highest BCUT2D eigenvalue weighted by molar-refractivity contribution is 6.39. The van der Waals surface area contributed by atoms with E-state index in [0.29, 0.717) is 18.2 Å². The zero-order chi connectivity index (χ0) is 19.9. The molecular formula is C22H28N4O2. The molecule has 3 rings (SSSR count). The lowest BCUT2D eigenvalue weighted by Crippen LogP contribution is -2.41. The Hall–Kier alpha value is -2.73. The lowest BCUT2D eigenvalue weighted by atomic mass is 9.96. The second-order valence-electron chi connectivity index (χ2n) is 7.56. The molecule has 28 heavy (non-hydrogen) atoms. The highest BCUT2D eigenvalue weighted by Gasteiger charge is 2.21. The number of benzene rings is 1. The fraction of sp³-hybridized carbons (Fsp3) is 0.409. The number of hydrogen-bond donors (Lipinski definition) is 2. The fourth-order valence-electron chi connectivity index (χ4n) is 3.46. The lowest BCUT2D eigenvalue weighted by Gasteiger charge is -2.32. The van der Waals surface area contributed by atoms with Crippen LogP contribution in [-0.2, 0) is 16.1 Å². The van der Waals surface area contributed by atoms with Gasteiger partial charge >= 0.3 is 11.8 Å². The summed E-state index contributed by atoms with van der Waals surface area (Å²) in [6.07, 6.45) is 5.68. The van der Waals surface area contributed by atoms with Crippen molar-refractivity contribution >= 4 is 17.5 Å². The van der Waals surface area contributed by atoms with Gasteiger partial charge in [0.05, 0.1) is 0 Å². The zero-order valence-corrected chi connectivity index (χ0v) is 16.6. The Morgan fingerprint density at radius 2 is 1.79 bits per heavy atom. The van der Waals surface area contributed by atoms with Gasteiger partial charge in [-0.15, -0.1) is 0 Å². The van der Waals surface area contributed by atoms with Gasteiger partial charge in [-0.05, 0) is 80.6 Å². The van der Waals surface area contributed by atoms with Gasteiger partial charge in [0.25, 0.3) is 0 Å². The number of nitrogens with one attached hydrogen (secondary N) is 2. The molecule has 0 spiro atoms. The van der Waals surface area contributed by atoms with Gasteiger partial charge in [0.1, 0.15) is 0 Å². The molecule has 0 atom stereocenters. The maximum Gasteiger partial charge on any atom is 0.313 e. The highest BCUT2D eigenvalue weighted by Crippen LogP contribution is 2.19. The van der Waals surface area contributed by atoms with Gasteiger partial charge in [-0.2, -0.15) is 0 Å². The molecule has 2 heterocycles. The van der Waals surface area contributed by atoms with Crippen molar-refractivity contribution in [2.45, 2.75) is 33.2 Å². The molecule has 148 valence electrons. The molecule has 1 fully saturated rings. The van der Waals surface area contributed by atoms with Crippen LogP contribution in [0, 0.1) is 19.8 Å². The molecule has 2 aromatic rings. The van der Waals surface area contributed by atoms with Gasteiger partial charge < -0.3 is 10.6 Å². The Balaban J connectivity index is 1.40. The largest absolute Gasteiger partial charge is 0.348 e. The number of amides is 2. The molecule has 0 radical (unpaired) electrons. The van der Waals surface area contributed by atoms with Crippen LogP contribution >= 0.6 is 0 Å². The maximum atomic E-state index is 12.2. The van der Waals surface area contributed by atoms with Crippen molar-refractivity contribution in [3.05, 3.63) is 59.4 Å². The number of aromatic nitrogens is 1. The van der Waals surface area contributed by atoms with Crippen molar-refractivity contribution in [1.82, 2.24) is 15.2 Å². The first-order chi connectivity index (χ1) is 13.5. The molecule has 0 bridgehead atoms. The number of hydrogen-bond acceptors (Lipinski definition) is 4. The number of rotatable bonds is 5. The minimum Gasteiger partial charge on any atom is -0.348 e. The van der Waals surface area contributed by atoms with Crippen LogP contribution < -0.4 is 10.6 Å². The van der Waals surface area contributed by atoms with E-state index in [1.165, 1.54) is 5.56 Å². The molecule has 0 saturated carbocycles. The summed E-state index contributed by atoms with van der Waals surface area (Å²) in [5.74, 6) is -0.768. The summed E-state index contributed by atoms with van der Waals surface area (Å²) in [7, 11) is 0. The molecule has 1 aliphatic rings. The second-order valence-corrected chi connectivity index (χ2v) is 7.56. The summed E-state index contributed by atoms with van der Waals surface area (Å²) < 4.78 is 0. The maximum absolute atomic E-state index is 12.2. The number of pyridine rings is 1. The predicted octanol–water partition coefficient (Wildman–Crippen LogP) is 2.67. The third-order valence-electron chi connectivity index (χ3n) is 5.26. The van der Waals surface area contributed by atoms with Crippen molar-refractivity contribution in [2.24, 2.45) is 5.92 Å².